The highest BCUT2D eigenvalue weighted by atomic mass is 16.2. The summed E-state index contributed by atoms with van der Waals surface area (Å²) in [6.07, 6.45) is 0.258. The number of rotatable bonds is 5. The fourth-order valence-electron chi connectivity index (χ4n) is 5.13. The van der Waals surface area contributed by atoms with E-state index in [1.54, 1.807) is 0 Å². The Hall–Kier alpha value is -3.28. The summed E-state index contributed by atoms with van der Waals surface area (Å²) in [6.45, 7) is 5.19. The predicted molar refractivity (Wildman–Crippen MR) is 130 cm³/mol. The molecule has 2 aliphatic rings. The van der Waals surface area contributed by atoms with Crippen LogP contribution in [0.3, 0.4) is 0 Å². The number of carbonyl (C=O) groups excluding carboxylic acids is 2. The molecule has 5 heteroatoms. The summed E-state index contributed by atoms with van der Waals surface area (Å²) in [5.74, 6) is -0.203. The molecule has 0 spiro atoms. The topological polar surface area (TPSA) is 43.9 Å². The van der Waals surface area contributed by atoms with Crippen LogP contribution in [0.2, 0.25) is 0 Å². The minimum atomic E-state index is -0.368. The normalized spacial score (nSPS) is 20.1. The van der Waals surface area contributed by atoms with Gasteiger partial charge in [0.1, 0.15) is 0 Å². The Bertz CT molecular complexity index is 1080. The molecule has 2 saturated heterocycles. The molecule has 0 bridgehead atoms. The first kappa shape index (κ1) is 21.6. The monoisotopic (exact) mass is 439 g/mol. The number of nitrogens with zero attached hydrogens (tertiary/aromatic N) is 3. The molecule has 2 aliphatic heterocycles. The Labute approximate surface area is 195 Å². The predicted octanol–water partition coefficient (Wildman–Crippen LogP) is 4.03. The van der Waals surface area contributed by atoms with Gasteiger partial charge >= 0.3 is 0 Å². The molecule has 0 saturated carbocycles. The SMILES string of the molecule is Cc1cccc(N2C(=O)C[C@H](N3CCN(C(c4ccccc4)c4ccccc4)CC3)C2=O)c1. The first-order valence-corrected chi connectivity index (χ1v) is 11.6. The molecule has 2 amide bonds. The minimum Gasteiger partial charge on any atom is -0.290 e. The summed E-state index contributed by atoms with van der Waals surface area (Å²) in [5.41, 5.74) is 4.27. The summed E-state index contributed by atoms with van der Waals surface area (Å²) in [4.78, 5) is 32.1. The van der Waals surface area contributed by atoms with Crippen molar-refractivity contribution in [3.05, 3.63) is 102 Å². The van der Waals surface area contributed by atoms with Crippen LogP contribution in [0.5, 0.6) is 0 Å². The average Bonchev–Trinajstić information content (AvgIpc) is 3.15. The molecule has 0 N–H and O–H groups in total. The molecule has 0 aliphatic carbocycles. The lowest BCUT2D eigenvalue weighted by Crippen LogP contribution is -2.53. The second-order valence-corrected chi connectivity index (χ2v) is 8.92. The van der Waals surface area contributed by atoms with Crippen LogP contribution in [0.15, 0.2) is 84.9 Å². The number of amides is 2. The third-order valence-electron chi connectivity index (χ3n) is 6.77. The van der Waals surface area contributed by atoms with E-state index in [1.165, 1.54) is 16.0 Å². The molecule has 0 aromatic heterocycles. The van der Waals surface area contributed by atoms with Crippen LogP contribution in [-0.4, -0.2) is 53.8 Å². The molecular weight excluding hydrogens is 410 g/mol. The van der Waals surface area contributed by atoms with Crippen LogP contribution in [-0.2, 0) is 9.59 Å². The number of aryl methyl sites for hydroxylation is 1. The van der Waals surface area contributed by atoms with Gasteiger partial charge in [-0.25, -0.2) is 4.90 Å². The fourth-order valence-corrected chi connectivity index (χ4v) is 5.13. The first-order valence-electron chi connectivity index (χ1n) is 11.6. The van der Waals surface area contributed by atoms with Crippen LogP contribution in [0.1, 0.15) is 29.2 Å². The van der Waals surface area contributed by atoms with Gasteiger partial charge in [0.05, 0.1) is 24.2 Å². The van der Waals surface area contributed by atoms with Crippen LogP contribution < -0.4 is 4.90 Å². The number of hydrogen-bond acceptors (Lipinski definition) is 4. The highest BCUT2D eigenvalue weighted by Crippen LogP contribution is 2.31. The van der Waals surface area contributed by atoms with Crippen LogP contribution in [0, 0.1) is 6.92 Å². The van der Waals surface area contributed by atoms with Crippen molar-refractivity contribution in [3.63, 3.8) is 0 Å². The number of piperazine rings is 1. The highest BCUT2D eigenvalue weighted by Gasteiger charge is 2.43. The van der Waals surface area contributed by atoms with Crippen LogP contribution >= 0.6 is 0 Å². The molecule has 168 valence electrons. The fraction of sp³-hybridized carbons (Fsp3) is 0.286. The van der Waals surface area contributed by atoms with Gasteiger partial charge in [-0.3, -0.25) is 19.4 Å². The van der Waals surface area contributed by atoms with Gasteiger partial charge in [-0.15, -0.1) is 0 Å². The van der Waals surface area contributed by atoms with Gasteiger partial charge in [-0.05, 0) is 35.7 Å². The second-order valence-electron chi connectivity index (χ2n) is 8.92. The van der Waals surface area contributed by atoms with E-state index in [4.69, 9.17) is 0 Å². The minimum absolute atomic E-state index is 0.0956. The number of imide groups is 1. The van der Waals surface area contributed by atoms with Crippen molar-refractivity contribution in [1.29, 1.82) is 0 Å². The maximum atomic E-state index is 13.2. The smallest absolute Gasteiger partial charge is 0.251 e. The number of benzene rings is 3. The van der Waals surface area contributed by atoms with Gasteiger partial charge < -0.3 is 0 Å². The van der Waals surface area contributed by atoms with Crippen molar-refractivity contribution in [2.45, 2.75) is 25.4 Å². The molecule has 0 unspecified atom stereocenters. The average molecular weight is 440 g/mol. The van der Waals surface area contributed by atoms with Crippen LogP contribution in [0.25, 0.3) is 0 Å². The van der Waals surface area contributed by atoms with Crippen LogP contribution in [0.4, 0.5) is 5.69 Å². The Morgan fingerprint density at radius 1 is 0.758 bits per heavy atom. The van der Waals surface area contributed by atoms with Crippen molar-refractivity contribution >= 4 is 17.5 Å². The molecule has 2 fully saturated rings. The quantitative estimate of drug-likeness (QED) is 0.563. The zero-order valence-corrected chi connectivity index (χ0v) is 18.9. The Balaban J connectivity index is 1.31. The molecular formula is C28H29N3O2. The number of carbonyl (C=O) groups is 2. The van der Waals surface area contributed by atoms with Crippen molar-refractivity contribution in [1.82, 2.24) is 9.80 Å². The van der Waals surface area contributed by atoms with E-state index < -0.39 is 0 Å². The summed E-state index contributed by atoms with van der Waals surface area (Å²) in [6, 6.07) is 28.6. The lowest BCUT2D eigenvalue weighted by atomic mass is 9.96. The number of hydrogen-bond donors (Lipinski definition) is 0. The maximum absolute atomic E-state index is 13.2. The molecule has 33 heavy (non-hydrogen) atoms. The Kier molecular flexibility index (Phi) is 6.07. The summed E-state index contributed by atoms with van der Waals surface area (Å²) < 4.78 is 0. The van der Waals surface area contributed by atoms with E-state index >= 15 is 0 Å². The lowest BCUT2D eigenvalue weighted by Gasteiger charge is -2.41. The van der Waals surface area contributed by atoms with E-state index in [0.29, 0.717) is 5.69 Å². The van der Waals surface area contributed by atoms with Gasteiger partial charge in [0.15, 0.2) is 0 Å². The van der Waals surface area contributed by atoms with Gasteiger partial charge in [0.25, 0.3) is 5.91 Å². The van der Waals surface area contributed by atoms with E-state index in [-0.39, 0.29) is 30.3 Å². The van der Waals surface area contributed by atoms with E-state index in [1.807, 2.05) is 43.3 Å². The van der Waals surface area contributed by atoms with Gasteiger partial charge in [-0.2, -0.15) is 0 Å². The molecule has 3 aromatic carbocycles. The van der Waals surface area contributed by atoms with Gasteiger partial charge in [0, 0.05) is 26.2 Å². The number of anilines is 1. The van der Waals surface area contributed by atoms with Crippen molar-refractivity contribution < 1.29 is 9.59 Å². The molecule has 5 rings (SSSR count). The second kappa shape index (κ2) is 9.30. The summed E-state index contributed by atoms with van der Waals surface area (Å²) >= 11 is 0. The van der Waals surface area contributed by atoms with Gasteiger partial charge in [0.2, 0.25) is 5.91 Å². The zero-order chi connectivity index (χ0) is 22.8. The van der Waals surface area contributed by atoms with Crippen molar-refractivity contribution in [2.75, 3.05) is 31.1 Å². The van der Waals surface area contributed by atoms with E-state index in [0.717, 1.165) is 31.7 Å². The molecule has 0 radical (unpaired) electrons. The van der Waals surface area contributed by atoms with Gasteiger partial charge in [-0.1, -0.05) is 72.8 Å². The largest absolute Gasteiger partial charge is 0.290 e. The maximum Gasteiger partial charge on any atom is 0.251 e. The molecule has 2 heterocycles. The third kappa shape index (κ3) is 4.34. The van der Waals surface area contributed by atoms with Crippen molar-refractivity contribution in [3.8, 4) is 0 Å². The Morgan fingerprint density at radius 2 is 1.36 bits per heavy atom. The third-order valence-corrected chi connectivity index (χ3v) is 6.77. The molecule has 5 nitrogen and oxygen atoms in total. The summed E-state index contributed by atoms with van der Waals surface area (Å²) in [7, 11) is 0. The molecule has 3 aromatic rings. The first-order chi connectivity index (χ1) is 16.1. The van der Waals surface area contributed by atoms with E-state index in [2.05, 4.69) is 58.3 Å². The highest BCUT2D eigenvalue weighted by molar-refractivity contribution is 6.22. The van der Waals surface area contributed by atoms with E-state index in [9.17, 15) is 9.59 Å². The standard InChI is InChI=1S/C28H29N3O2/c1-21-9-8-14-24(19-21)31-26(32)20-25(28(31)33)29-15-17-30(18-16-29)27(22-10-4-2-5-11-22)23-12-6-3-7-13-23/h2-14,19,25,27H,15-18,20H2,1H3/t25-/m0/s1. The molecule has 1 atom stereocenters. The van der Waals surface area contributed by atoms with Crippen molar-refractivity contribution in [2.24, 2.45) is 0 Å². The lowest BCUT2D eigenvalue weighted by molar-refractivity contribution is -0.123. The Morgan fingerprint density at radius 3 is 1.94 bits per heavy atom. The summed E-state index contributed by atoms with van der Waals surface area (Å²) in [5, 5.41) is 0. The zero-order valence-electron chi connectivity index (χ0n) is 18.9.